The molecule has 0 bridgehead atoms. The molecule has 21 heavy (non-hydrogen) atoms. The van der Waals surface area contributed by atoms with Gasteiger partial charge in [-0.3, -0.25) is 0 Å². The maximum atomic E-state index is 5.80. The minimum Gasteiger partial charge on any atom is -0.348 e. The van der Waals surface area contributed by atoms with Gasteiger partial charge in [0.2, 0.25) is 5.13 Å². The molecule has 2 heterocycles. The molecule has 1 spiro atoms. The standard InChI is InChI=1S/C15H25N3O2S/c1-14(2,3)12-16-13(21-17-12)18(4)11-5-7-15(8-6-11)19-9-10-20-15/h11H,5-10H2,1-4H3. The van der Waals surface area contributed by atoms with Gasteiger partial charge in [-0.05, 0) is 12.8 Å². The molecule has 0 atom stereocenters. The summed E-state index contributed by atoms with van der Waals surface area (Å²) >= 11 is 1.50. The highest BCUT2D eigenvalue weighted by molar-refractivity contribution is 7.09. The first kappa shape index (κ1) is 15.2. The van der Waals surface area contributed by atoms with Crippen LogP contribution in [0.25, 0.3) is 0 Å². The normalized spacial score (nSPS) is 22.9. The molecule has 1 saturated heterocycles. The fourth-order valence-corrected chi connectivity index (χ4v) is 3.92. The van der Waals surface area contributed by atoms with Crippen molar-refractivity contribution in [3.63, 3.8) is 0 Å². The van der Waals surface area contributed by atoms with E-state index in [4.69, 9.17) is 14.5 Å². The van der Waals surface area contributed by atoms with Crippen LogP contribution in [-0.4, -0.2) is 41.4 Å². The molecule has 2 fully saturated rings. The van der Waals surface area contributed by atoms with Crippen molar-refractivity contribution in [3.8, 4) is 0 Å². The Morgan fingerprint density at radius 2 is 1.81 bits per heavy atom. The number of hydrogen-bond donors (Lipinski definition) is 0. The van der Waals surface area contributed by atoms with Gasteiger partial charge in [-0.2, -0.15) is 4.37 Å². The van der Waals surface area contributed by atoms with Crippen LogP contribution < -0.4 is 4.90 Å². The Morgan fingerprint density at radius 3 is 2.33 bits per heavy atom. The molecule has 2 aliphatic rings. The molecule has 0 aromatic carbocycles. The third-order valence-corrected chi connectivity index (χ3v) is 5.27. The van der Waals surface area contributed by atoms with Crippen LogP contribution in [0.5, 0.6) is 0 Å². The second-order valence-electron chi connectivity index (χ2n) is 7.10. The quantitative estimate of drug-likeness (QED) is 0.840. The SMILES string of the molecule is CN(c1nc(C(C)(C)C)ns1)C1CCC2(CC1)OCCO2. The van der Waals surface area contributed by atoms with Crippen molar-refractivity contribution < 1.29 is 9.47 Å². The highest BCUT2D eigenvalue weighted by atomic mass is 32.1. The molecule has 118 valence electrons. The van der Waals surface area contributed by atoms with Crippen molar-refractivity contribution in [2.75, 3.05) is 25.2 Å². The van der Waals surface area contributed by atoms with E-state index >= 15 is 0 Å². The highest BCUT2D eigenvalue weighted by Gasteiger charge is 2.41. The molecule has 3 rings (SSSR count). The van der Waals surface area contributed by atoms with Gasteiger partial charge in [-0.15, -0.1) is 0 Å². The molecule has 6 heteroatoms. The van der Waals surface area contributed by atoms with Gasteiger partial charge in [-0.25, -0.2) is 4.98 Å². The summed E-state index contributed by atoms with van der Waals surface area (Å²) in [6.45, 7) is 7.94. The number of ether oxygens (including phenoxy) is 2. The number of anilines is 1. The first-order valence-electron chi connectivity index (χ1n) is 7.75. The molecule has 0 radical (unpaired) electrons. The zero-order chi connectivity index (χ0) is 15.1. The fourth-order valence-electron chi connectivity index (χ4n) is 3.03. The maximum absolute atomic E-state index is 5.80. The summed E-state index contributed by atoms with van der Waals surface area (Å²) in [7, 11) is 2.13. The molecule has 1 aliphatic heterocycles. The zero-order valence-electron chi connectivity index (χ0n) is 13.4. The van der Waals surface area contributed by atoms with E-state index in [9.17, 15) is 0 Å². The average Bonchev–Trinajstić information content (AvgIpc) is 3.08. The van der Waals surface area contributed by atoms with E-state index in [0.29, 0.717) is 6.04 Å². The smallest absolute Gasteiger partial charge is 0.205 e. The minimum atomic E-state index is -0.283. The molecular weight excluding hydrogens is 286 g/mol. The number of nitrogens with zero attached hydrogens (tertiary/aromatic N) is 3. The lowest BCUT2D eigenvalue weighted by atomic mass is 9.89. The van der Waals surface area contributed by atoms with E-state index in [1.165, 1.54) is 11.5 Å². The van der Waals surface area contributed by atoms with E-state index in [-0.39, 0.29) is 11.2 Å². The van der Waals surface area contributed by atoms with Crippen LogP contribution >= 0.6 is 11.5 Å². The lowest BCUT2D eigenvalue weighted by Gasteiger charge is -2.38. The van der Waals surface area contributed by atoms with Gasteiger partial charge in [0.25, 0.3) is 0 Å². The van der Waals surface area contributed by atoms with Crippen LogP contribution in [0, 0.1) is 0 Å². The van der Waals surface area contributed by atoms with Crippen LogP contribution in [-0.2, 0) is 14.9 Å². The Balaban J connectivity index is 1.63. The molecule has 5 nitrogen and oxygen atoms in total. The van der Waals surface area contributed by atoms with Gasteiger partial charge < -0.3 is 14.4 Å². The lowest BCUT2D eigenvalue weighted by Crippen LogP contribution is -2.42. The maximum Gasteiger partial charge on any atom is 0.205 e. The fraction of sp³-hybridized carbons (Fsp3) is 0.867. The largest absolute Gasteiger partial charge is 0.348 e. The predicted octanol–water partition coefficient (Wildman–Crippen LogP) is 2.96. The van der Waals surface area contributed by atoms with E-state index in [0.717, 1.165) is 49.9 Å². The van der Waals surface area contributed by atoms with E-state index in [2.05, 4.69) is 37.1 Å². The third kappa shape index (κ3) is 3.07. The molecule has 0 amide bonds. The van der Waals surface area contributed by atoms with Crippen LogP contribution in [0.1, 0.15) is 52.3 Å². The summed E-state index contributed by atoms with van der Waals surface area (Å²) < 4.78 is 16.1. The van der Waals surface area contributed by atoms with Gasteiger partial charge in [0, 0.05) is 42.9 Å². The Morgan fingerprint density at radius 1 is 1.19 bits per heavy atom. The number of hydrogen-bond acceptors (Lipinski definition) is 6. The second kappa shape index (κ2) is 5.48. The molecule has 1 aromatic heterocycles. The highest BCUT2D eigenvalue weighted by Crippen LogP contribution is 2.38. The molecule has 1 saturated carbocycles. The zero-order valence-corrected chi connectivity index (χ0v) is 14.2. The Kier molecular flexibility index (Phi) is 3.96. The van der Waals surface area contributed by atoms with Crippen LogP contribution in [0.3, 0.4) is 0 Å². The summed E-state index contributed by atoms with van der Waals surface area (Å²) in [6, 6.07) is 0.504. The number of aromatic nitrogens is 2. The van der Waals surface area contributed by atoms with Crippen molar-refractivity contribution in [1.82, 2.24) is 9.36 Å². The van der Waals surface area contributed by atoms with Crippen LogP contribution in [0.2, 0.25) is 0 Å². The van der Waals surface area contributed by atoms with Crippen molar-refractivity contribution in [2.45, 2.75) is 63.7 Å². The summed E-state index contributed by atoms with van der Waals surface area (Å²) in [5.41, 5.74) is 0.0116. The van der Waals surface area contributed by atoms with E-state index in [1.807, 2.05) is 0 Å². The number of rotatable bonds is 2. The van der Waals surface area contributed by atoms with Crippen LogP contribution in [0.15, 0.2) is 0 Å². The Labute approximate surface area is 130 Å². The topological polar surface area (TPSA) is 47.5 Å². The third-order valence-electron chi connectivity index (χ3n) is 4.47. The van der Waals surface area contributed by atoms with Crippen molar-refractivity contribution in [2.24, 2.45) is 0 Å². The summed E-state index contributed by atoms with van der Waals surface area (Å²) in [5, 5.41) is 1.02. The molecular formula is C15H25N3O2S. The summed E-state index contributed by atoms with van der Waals surface area (Å²) in [4.78, 5) is 7.00. The van der Waals surface area contributed by atoms with E-state index < -0.39 is 0 Å². The Bertz CT molecular complexity index is 481. The first-order chi connectivity index (χ1) is 9.90. The second-order valence-corrected chi connectivity index (χ2v) is 7.83. The van der Waals surface area contributed by atoms with Gasteiger partial charge in [0.05, 0.1) is 13.2 Å². The molecule has 1 aromatic rings. The Hall–Kier alpha value is -0.720. The van der Waals surface area contributed by atoms with Gasteiger partial charge in [-0.1, -0.05) is 20.8 Å². The van der Waals surface area contributed by atoms with Crippen molar-refractivity contribution in [3.05, 3.63) is 5.82 Å². The first-order valence-corrected chi connectivity index (χ1v) is 8.52. The van der Waals surface area contributed by atoms with Crippen molar-refractivity contribution in [1.29, 1.82) is 0 Å². The van der Waals surface area contributed by atoms with E-state index in [1.54, 1.807) is 0 Å². The summed E-state index contributed by atoms with van der Waals surface area (Å²) in [6.07, 6.45) is 4.13. The lowest BCUT2D eigenvalue weighted by molar-refractivity contribution is -0.178. The molecule has 1 aliphatic carbocycles. The van der Waals surface area contributed by atoms with Gasteiger partial charge in [0.1, 0.15) is 5.82 Å². The van der Waals surface area contributed by atoms with Gasteiger partial charge in [0.15, 0.2) is 5.79 Å². The van der Waals surface area contributed by atoms with Gasteiger partial charge >= 0.3 is 0 Å². The van der Waals surface area contributed by atoms with Crippen molar-refractivity contribution >= 4 is 16.7 Å². The monoisotopic (exact) mass is 311 g/mol. The predicted molar refractivity (Wildman–Crippen MR) is 83.9 cm³/mol. The summed E-state index contributed by atoms with van der Waals surface area (Å²) in [5.74, 6) is 0.652. The van der Waals surface area contributed by atoms with Crippen LogP contribution in [0.4, 0.5) is 5.13 Å². The molecule has 0 N–H and O–H groups in total. The minimum absolute atomic E-state index is 0.0116. The molecule has 0 unspecified atom stereocenters. The average molecular weight is 311 g/mol.